The number of carboxylic acid groups (broad SMARTS) is 1. The van der Waals surface area contributed by atoms with Crippen LogP contribution in [0.5, 0.6) is 0 Å². The zero-order chi connectivity index (χ0) is 14.5. The minimum absolute atomic E-state index is 0.386. The van der Waals surface area contributed by atoms with Crippen LogP contribution in [0.3, 0.4) is 0 Å². The number of aliphatic carboxylic acids is 1. The minimum Gasteiger partial charge on any atom is -0.479 e. The maximum absolute atomic E-state index is 13.2. The number of rotatable bonds is 5. The highest BCUT2D eigenvalue weighted by Crippen LogP contribution is 2.21. The van der Waals surface area contributed by atoms with Gasteiger partial charge in [0.05, 0.1) is 0 Å². The largest absolute Gasteiger partial charge is 0.479 e. The van der Waals surface area contributed by atoms with Crippen LogP contribution in [0, 0.1) is 5.82 Å². The second-order valence-corrected chi connectivity index (χ2v) is 4.52. The minimum atomic E-state index is -1.05. The molecule has 3 nitrogen and oxygen atoms in total. The summed E-state index contributed by atoms with van der Waals surface area (Å²) in [5.74, 6) is -1.49. The van der Waals surface area contributed by atoms with Crippen LogP contribution in [-0.4, -0.2) is 11.1 Å². The van der Waals surface area contributed by atoms with Gasteiger partial charge in [-0.3, -0.25) is 0 Å². The number of aryl methyl sites for hydroxylation is 1. The molecule has 0 aliphatic carbocycles. The average molecular weight is 273 g/mol. The number of hydrogen-bond donors (Lipinski definition) is 2. The molecule has 0 amide bonds. The van der Waals surface area contributed by atoms with E-state index in [9.17, 15) is 14.3 Å². The van der Waals surface area contributed by atoms with E-state index in [-0.39, 0.29) is 0 Å². The zero-order valence-electron chi connectivity index (χ0n) is 11.1. The molecule has 104 valence electrons. The molecule has 0 heterocycles. The molecule has 2 aromatic carbocycles. The van der Waals surface area contributed by atoms with Crippen molar-refractivity contribution in [3.8, 4) is 0 Å². The van der Waals surface area contributed by atoms with Crippen molar-refractivity contribution >= 4 is 11.7 Å². The molecule has 0 fully saturated rings. The van der Waals surface area contributed by atoms with Gasteiger partial charge < -0.3 is 10.4 Å². The molecule has 2 aromatic rings. The second-order valence-electron chi connectivity index (χ2n) is 4.52. The van der Waals surface area contributed by atoms with Gasteiger partial charge in [0.1, 0.15) is 5.82 Å². The van der Waals surface area contributed by atoms with E-state index in [0.29, 0.717) is 11.3 Å². The molecule has 4 heteroatoms. The lowest BCUT2D eigenvalue weighted by Gasteiger charge is -2.16. The van der Waals surface area contributed by atoms with Crippen molar-refractivity contribution in [2.45, 2.75) is 19.4 Å². The number of benzene rings is 2. The fraction of sp³-hybridized carbons (Fsp3) is 0.188. The van der Waals surface area contributed by atoms with Gasteiger partial charge in [0.15, 0.2) is 6.04 Å². The Hall–Kier alpha value is -2.36. The van der Waals surface area contributed by atoms with Crippen LogP contribution >= 0.6 is 0 Å². The Labute approximate surface area is 117 Å². The first-order chi connectivity index (χ1) is 9.60. The summed E-state index contributed by atoms with van der Waals surface area (Å²) in [6.45, 7) is 2.05. The van der Waals surface area contributed by atoms with Crippen molar-refractivity contribution in [2.24, 2.45) is 0 Å². The smallest absolute Gasteiger partial charge is 0.330 e. The van der Waals surface area contributed by atoms with Crippen molar-refractivity contribution in [1.82, 2.24) is 0 Å². The summed E-state index contributed by atoms with van der Waals surface area (Å²) in [6, 6.07) is 12.2. The van der Waals surface area contributed by atoms with Gasteiger partial charge in [0, 0.05) is 5.69 Å². The Morgan fingerprint density at radius 2 is 1.95 bits per heavy atom. The van der Waals surface area contributed by atoms with Crippen molar-refractivity contribution in [2.75, 3.05) is 5.32 Å². The molecule has 0 spiro atoms. The van der Waals surface area contributed by atoms with Crippen LogP contribution in [0.2, 0.25) is 0 Å². The molecule has 0 bridgehead atoms. The highest BCUT2D eigenvalue weighted by atomic mass is 19.1. The molecular weight excluding hydrogens is 257 g/mol. The summed E-state index contributed by atoms with van der Waals surface area (Å²) in [4.78, 5) is 11.4. The predicted molar refractivity (Wildman–Crippen MR) is 76.2 cm³/mol. The van der Waals surface area contributed by atoms with E-state index in [4.69, 9.17) is 0 Å². The van der Waals surface area contributed by atoms with Gasteiger partial charge in [0.25, 0.3) is 0 Å². The number of carboxylic acids is 1. The van der Waals surface area contributed by atoms with E-state index in [1.165, 1.54) is 23.8 Å². The third kappa shape index (κ3) is 3.35. The monoisotopic (exact) mass is 273 g/mol. The molecule has 0 aromatic heterocycles. The van der Waals surface area contributed by atoms with E-state index in [1.54, 1.807) is 6.07 Å². The Balaban J connectivity index is 2.23. The summed E-state index contributed by atoms with van der Waals surface area (Å²) in [7, 11) is 0. The molecule has 20 heavy (non-hydrogen) atoms. The van der Waals surface area contributed by atoms with Crippen molar-refractivity contribution < 1.29 is 14.3 Å². The second kappa shape index (κ2) is 6.19. The molecular formula is C16H16FNO2. The maximum Gasteiger partial charge on any atom is 0.330 e. The predicted octanol–water partition coefficient (Wildman–Crippen LogP) is 3.63. The Morgan fingerprint density at radius 3 is 2.50 bits per heavy atom. The van der Waals surface area contributed by atoms with Gasteiger partial charge in [-0.25, -0.2) is 9.18 Å². The Kier molecular flexibility index (Phi) is 4.35. The first kappa shape index (κ1) is 14.1. The molecule has 0 saturated heterocycles. The van der Waals surface area contributed by atoms with E-state index in [0.717, 1.165) is 6.42 Å². The zero-order valence-corrected chi connectivity index (χ0v) is 11.1. The van der Waals surface area contributed by atoms with Gasteiger partial charge in [-0.15, -0.1) is 0 Å². The third-order valence-corrected chi connectivity index (χ3v) is 3.10. The highest BCUT2D eigenvalue weighted by molar-refractivity contribution is 5.79. The van der Waals surface area contributed by atoms with Gasteiger partial charge in [0.2, 0.25) is 0 Å². The summed E-state index contributed by atoms with van der Waals surface area (Å²) in [6.07, 6.45) is 0.923. The normalized spacial score (nSPS) is 11.9. The van der Waals surface area contributed by atoms with Crippen LogP contribution in [0.15, 0.2) is 48.5 Å². The molecule has 2 rings (SSSR count). The topological polar surface area (TPSA) is 49.3 Å². The van der Waals surface area contributed by atoms with E-state index < -0.39 is 17.8 Å². The summed E-state index contributed by atoms with van der Waals surface area (Å²) in [5.41, 5.74) is 2.25. The fourth-order valence-electron chi connectivity index (χ4n) is 1.98. The summed E-state index contributed by atoms with van der Waals surface area (Å²) >= 11 is 0. The van der Waals surface area contributed by atoms with Gasteiger partial charge in [-0.05, 0) is 41.8 Å². The molecule has 1 unspecified atom stereocenters. The lowest BCUT2D eigenvalue weighted by Crippen LogP contribution is -2.20. The number of halogens is 1. The molecule has 0 radical (unpaired) electrons. The van der Waals surface area contributed by atoms with Crippen molar-refractivity contribution in [1.29, 1.82) is 0 Å². The van der Waals surface area contributed by atoms with Crippen LogP contribution in [0.25, 0.3) is 0 Å². The van der Waals surface area contributed by atoms with Crippen LogP contribution in [0.4, 0.5) is 10.1 Å². The number of nitrogens with one attached hydrogen (secondary N) is 1. The fourth-order valence-corrected chi connectivity index (χ4v) is 1.98. The van der Waals surface area contributed by atoms with E-state index in [2.05, 4.69) is 12.2 Å². The SMILES string of the molecule is CCc1ccc(NC(C(=O)O)c2cccc(F)c2)cc1. The van der Waals surface area contributed by atoms with Crippen LogP contribution in [0.1, 0.15) is 24.1 Å². The van der Waals surface area contributed by atoms with Crippen LogP contribution in [-0.2, 0) is 11.2 Å². The number of hydrogen-bond acceptors (Lipinski definition) is 2. The molecule has 0 aliphatic rings. The lowest BCUT2D eigenvalue weighted by molar-refractivity contribution is -0.138. The van der Waals surface area contributed by atoms with Crippen LogP contribution < -0.4 is 5.32 Å². The third-order valence-electron chi connectivity index (χ3n) is 3.10. The maximum atomic E-state index is 13.2. The van der Waals surface area contributed by atoms with Gasteiger partial charge in [-0.2, -0.15) is 0 Å². The number of carbonyl (C=O) groups is 1. The van der Waals surface area contributed by atoms with E-state index in [1.807, 2.05) is 24.3 Å². The average Bonchev–Trinajstić information content (AvgIpc) is 2.45. The quantitative estimate of drug-likeness (QED) is 0.874. The first-order valence-electron chi connectivity index (χ1n) is 6.44. The molecule has 1 atom stereocenters. The summed E-state index contributed by atoms with van der Waals surface area (Å²) < 4.78 is 13.2. The molecule has 0 aliphatic heterocycles. The number of anilines is 1. The Morgan fingerprint density at radius 1 is 1.25 bits per heavy atom. The lowest BCUT2D eigenvalue weighted by atomic mass is 10.1. The Bertz CT molecular complexity index is 596. The molecule has 0 saturated carbocycles. The molecule has 2 N–H and O–H groups in total. The van der Waals surface area contributed by atoms with Gasteiger partial charge in [-0.1, -0.05) is 31.2 Å². The van der Waals surface area contributed by atoms with Crippen molar-refractivity contribution in [3.05, 3.63) is 65.5 Å². The van der Waals surface area contributed by atoms with E-state index >= 15 is 0 Å². The standard InChI is InChI=1S/C16H16FNO2/c1-2-11-6-8-14(9-7-11)18-15(16(19)20)12-4-3-5-13(17)10-12/h3-10,15,18H,2H2,1H3,(H,19,20). The van der Waals surface area contributed by atoms with Crippen molar-refractivity contribution in [3.63, 3.8) is 0 Å². The summed E-state index contributed by atoms with van der Waals surface area (Å²) in [5, 5.41) is 12.2. The highest BCUT2D eigenvalue weighted by Gasteiger charge is 2.19. The first-order valence-corrected chi connectivity index (χ1v) is 6.44. The van der Waals surface area contributed by atoms with Gasteiger partial charge >= 0.3 is 5.97 Å².